The van der Waals surface area contributed by atoms with Gasteiger partial charge in [0.25, 0.3) is 5.91 Å². The van der Waals surface area contributed by atoms with E-state index in [1.54, 1.807) is 18.3 Å². The van der Waals surface area contributed by atoms with E-state index in [0.29, 0.717) is 5.56 Å². The third-order valence-electron chi connectivity index (χ3n) is 2.91. The van der Waals surface area contributed by atoms with Gasteiger partial charge in [0.1, 0.15) is 5.65 Å². The molecule has 1 aromatic carbocycles. The molecule has 0 spiro atoms. The van der Waals surface area contributed by atoms with Crippen LogP contribution in [0.3, 0.4) is 0 Å². The lowest BCUT2D eigenvalue weighted by molar-refractivity contribution is 0.0953. The maximum atomic E-state index is 11.5. The monoisotopic (exact) mass is 252 g/mol. The fourth-order valence-corrected chi connectivity index (χ4v) is 1.96. The maximum Gasteiger partial charge on any atom is 0.266 e. The van der Waals surface area contributed by atoms with Crippen molar-refractivity contribution in [2.24, 2.45) is 5.84 Å². The van der Waals surface area contributed by atoms with Gasteiger partial charge in [-0.25, -0.2) is 10.8 Å². The first-order valence-corrected chi connectivity index (χ1v) is 5.83. The molecule has 2 heterocycles. The van der Waals surface area contributed by atoms with Gasteiger partial charge in [-0.2, -0.15) is 0 Å². The Kier molecular flexibility index (Phi) is 2.74. The molecule has 0 unspecified atom stereocenters. The van der Waals surface area contributed by atoms with Crippen molar-refractivity contribution in [2.75, 3.05) is 0 Å². The minimum absolute atomic E-state index is 0.322. The van der Waals surface area contributed by atoms with Crippen LogP contribution in [-0.2, 0) is 0 Å². The molecule has 2 aromatic heterocycles. The second kappa shape index (κ2) is 4.55. The highest BCUT2D eigenvalue weighted by Crippen LogP contribution is 2.18. The summed E-state index contributed by atoms with van der Waals surface area (Å²) >= 11 is 0. The number of nitrogens with one attached hydrogen (secondary N) is 1. The smallest absolute Gasteiger partial charge is 0.266 e. The number of nitrogens with two attached hydrogens (primary N) is 1. The number of hydrogen-bond acceptors (Lipinski definition) is 3. The van der Waals surface area contributed by atoms with E-state index in [2.05, 4.69) is 10.4 Å². The summed E-state index contributed by atoms with van der Waals surface area (Å²) in [6.45, 7) is 0. The summed E-state index contributed by atoms with van der Waals surface area (Å²) in [5, 5.41) is 0. The summed E-state index contributed by atoms with van der Waals surface area (Å²) in [6, 6.07) is 13.4. The van der Waals surface area contributed by atoms with Crippen LogP contribution in [0.2, 0.25) is 0 Å². The molecule has 0 saturated carbocycles. The van der Waals surface area contributed by atoms with Gasteiger partial charge in [-0.1, -0.05) is 30.3 Å². The number of imidazole rings is 1. The average molecular weight is 252 g/mol. The lowest BCUT2D eigenvalue weighted by Crippen LogP contribution is -2.30. The van der Waals surface area contributed by atoms with Gasteiger partial charge in [0, 0.05) is 18.0 Å². The third kappa shape index (κ3) is 2.07. The van der Waals surface area contributed by atoms with Crippen molar-refractivity contribution < 1.29 is 4.79 Å². The molecule has 5 heteroatoms. The summed E-state index contributed by atoms with van der Waals surface area (Å²) < 4.78 is 1.81. The zero-order valence-corrected chi connectivity index (χ0v) is 10.1. The van der Waals surface area contributed by atoms with Gasteiger partial charge in [0.05, 0.1) is 11.3 Å². The van der Waals surface area contributed by atoms with Crippen LogP contribution in [-0.4, -0.2) is 15.3 Å². The topological polar surface area (TPSA) is 72.4 Å². The first kappa shape index (κ1) is 11.4. The van der Waals surface area contributed by atoms with Gasteiger partial charge in [0.2, 0.25) is 0 Å². The third-order valence-corrected chi connectivity index (χ3v) is 2.91. The van der Waals surface area contributed by atoms with Gasteiger partial charge in [-0.3, -0.25) is 10.2 Å². The molecule has 0 radical (unpaired) electrons. The number of fused-ring (bicyclic) bond motifs is 1. The lowest BCUT2D eigenvalue weighted by Gasteiger charge is -1.99. The second-order valence-corrected chi connectivity index (χ2v) is 4.15. The molecule has 0 aliphatic carbocycles. The number of benzene rings is 1. The number of carbonyl (C=O) groups excluding carboxylic acids is 1. The van der Waals surface area contributed by atoms with Crippen LogP contribution in [0.1, 0.15) is 10.4 Å². The molecule has 0 bridgehead atoms. The first-order chi connectivity index (χ1) is 9.28. The Morgan fingerprint density at radius 1 is 1.11 bits per heavy atom. The number of nitrogens with zero attached hydrogens (tertiary/aromatic N) is 2. The van der Waals surface area contributed by atoms with Crippen molar-refractivity contribution in [1.82, 2.24) is 14.8 Å². The van der Waals surface area contributed by atoms with E-state index < -0.39 is 0 Å². The number of amides is 1. The molecule has 0 saturated heterocycles. The average Bonchev–Trinajstić information content (AvgIpc) is 2.90. The lowest BCUT2D eigenvalue weighted by atomic mass is 10.2. The molecule has 19 heavy (non-hydrogen) atoms. The quantitative estimate of drug-likeness (QED) is 0.413. The minimum atomic E-state index is -0.322. The van der Waals surface area contributed by atoms with Crippen molar-refractivity contribution in [3.05, 3.63) is 60.4 Å². The molecule has 0 atom stereocenters. The van der Waals surface area contributed by atoms with Crippen molar-refractivity contribution in [1.29, 1.82) is 0 Å². The number of pyridine rings is 1. The number of nitrogen functional groups attached to an aromatic ring is 1. The zero-order chi connectivity index (χ0) is 13.2. The van der Waals surface area contributed by atoms with Gasteiger partial charge < -0.3 is 4.40 Å². The molecule has 1 amide bonds. The largest absolute Gasteiger partial charge is 0.306 e. The molecule has 3 N–H and O–H groups in total. The SMILES string of the molecule is NNC(=O)c1ccc2nc(-c3ccccc3)cn2c1. The molecule has 3 rings (SSSR count). The number of hydrogen-bond donors (Lipinski definition) is 2. The number of aromatic nitrogens is 2. The molecular weight excluding hydrogens is 240 g/mol. The predicted molar refractivity (Wildman–Crippen MR) is 72.3 cm³/mol. The maximum absolute atomic E-state index is 11.5. The molecule has 0 aliphatic rings. The van der Waals surface area contributed by atoms with Crippen LogP contribution in [0, 0.1) is 0 Å². The van der Waals surface area contributed by atoms with E-state index in [1.807, 2.05) is 40.9 Å². The fraction of sp³-hybridized carbons (Fsp3) is 0. The number of carbonyl (C=O) groups is 1. The Morgan fingerprint density at radius 3 is 2.63 bits per heavy atom. The highest BCUT2D eigenvalue weighted by molar-refractivity contribution is 5.93. The normalized spacial score (nSPS) is 10.6. The Balaban J connectivity index is 2.09. The van der Waals surface area contributed by atoms with E-state index in [9.17, 15) is 4.79 Å². The first-order valence-electron chi connectivity index (χ1n) is 5.83. The van der Waals surface area contributed by atoms with Crippen molar-refractivity contribution >= 4 is 11.6 Å². The molecule has 94 valence electrons. The number of hydrazine groups is 1. The molecule has 3 aromatic rings. The summed E-state index contributed by atoms with van der Waals surface area (Å²) in [5.74, 6) is 4.80. The highest BCUT2D eigenvalue weighted by atomic mass is 16.2. The van der Waals surface area contributed by atoms with E-state index in [1.165, 1.54) is 0 Å². The Morgan fingerprint density at radius 2 is 1.89 bits per heavy atom. The summed E-state index contributed by atoms with van der Waals surface area (Å²) in [7, 11) is 0. The second-order valence-electron chi connectivity index (χ2n) is 4.15. The van der Waals surface area contributed by atoms with Crippen LogP contribution >= 0.6 is 0 Å². The summed E-state index contributed by atoms with van der Waals surface area (Å²) in [5.41, 5.74) is 5.29. The molecular formula is C14H12N4O. The van der Waals surface area contributed by atoms with E-state index >= 15 is 0 Å². The van der Waals surface area contributed by atoms with Crippen LogP contribution in [0.25, 0.3) is 16.9 Å². The molecule has 5 nitrogen and oxygen atoms in total. The van der Waals surface area contributed by atoms with Gasteiger partial charge in [0.15, 0.2) is 0 Å². The minimum Gasteiger partial charge on any atom is -0.306 e. The van der Waals surface area contributed by atoms with Crippen molar-refractivity contribution in [3.8, 4) is 11.3 Å². The van der Waals surface area contributed by atoms with Gasteiger partial charge >= 0.3 is 0 Å². The zero-order valence-electron chi connectivity index (χ0n) is 10.1. The van der Waals surface area contributed by atoms with Crippen LogP contribution in [0.4, 0.5) is 0 Å². The van der Waals surface area contributed by atoms with Crippen molar-refractivity contribution in [3.63, 3.8) is 0 Å². The Bertz CT molecular complexity index is 734. The van der Waals surface area contributed by atoms with Gasteiger partial charge in [-0.15, -0.1) is 0 Å². The molecule has 0 aliphatic heterocycles. The van der Waals surface area contributed by atoms with Crippen LogP contribution in [0.15, 0.2) is 54.9 Å². The van der Waals surface area contributed by atoms with Crippen LogP contribution in [0.5, 0.6) is 0 Å². The van der Waals surface area contributed by atoms with E-state index in [4.69, 9.17) is 5.84 Å². The van der Waals surface area contributed by atoms with Gasteiger partial charge in [-0.05, 0) is 12.1 Å². The predicted octanol–water partition coefficient (Wildman–Crippen LogP) is 1.60. The van der Waals surface area contributed by atoms with Crippen LogP contribution < -0.4 is 11.3 Å². The summed E-state index contributed by atoms with van der Waals surface area (Å²) in [4.78, 5) is 16.0. The Labute approximate surface area is 109 Å². The Hall–Kier alpha value is -2.66. The van der Waals surface area contributed by atoms with E-state index in [0.717, 1.165) is 16.9 Å². The summed E-state index contributed by atoms with van der Waals surface area (Å²) in [6.07, 6.45) is 3.59. The number of rotatable bonds is 2. The fourth-order valence-electron chi connectivity index (χ4n) is 1.96. The standard InChI is InChI=1S/C14H12N4O/c15-17-14(19)11-6-7-13-16-12(9-18(13)8-11)10-4-2-1-3-5-10/h1-9H,15H2,(H,17,19). The van der Waals surface area contributed by atoms with E-state index in [-0.39, 0.29) is 5.91 Å². The molecule has 0 fully saturated rings. The van der Waals surface area contributed by atoms with Crippen molar-refractivity contribution in [2.45, 2.75) is 0 Å². The highest BCUT2D eigenvalue weighted by Gasteiger charge is 2.07.